The Bertz CT molecular complexity index is 581. The molecule has 0 spiro atoms. The van der Waals surface area contributed by atoms with Crippen LogP contribution in [0.2, 0.25) is 0 Å². The Labute approximate surface area is 135 Å². The molecule has 126 valence electrons. The van der Waals surface area contributed by atoms with Gasteiger partial charge in [-0.25, -0.2) is 9.18 Å². The maximum atomic E-state index is 13.6. The molecule has 0 radical (unpaired) electrons. The van der Waals surface area contributed by atoms with Gasteiger partial charge in [0, 0.05) is 25.1 Å². The quantitative estimate of drug-likeness (QED) is 0.777. The van der Waals surface area contributed by atoms with Gasteiger partial charge in [0.05, 0.1) is 7.11 Å². The molecule has 5 nitrogen and oxygen atoms in total. The number of nitrogens with one attached hydrogen (secondary N) is 2. The number of urea groups is 1. The van der Waals surface area contributed by atoms with Crippen molar-refractivity contribution in [2.45, 2.75) is 31.8 Å². The largest absolute Gasteiger partial charge is 0.494 e. The van der Waals surface area contributed by atoms with Crippen molar-refractivity contribution in [2.24, 2.45) is 17.8 Å². The third kappa shape index (κ3) is 3.27. The summed E-state index contributed by atoms with van der Waals surface area (Å²) in [4.78, 5) is 12.1. The van der Waals surface area contributed by atoms with Crippen LogP contribution in [-0.4, -0.2) is 30.9 Å². The van der Waals surface area contributed by atoms with E-state index in [1.165, 1.54) is 13.2 Å². The van der Waals surface area contributed by atoms with E-state index in [0.29, 0.717) is 17.4 Å². The normalized spacial score (nSPS) is 28.7. The summed E-state index contributed by atoms with van der Waals surface area (Å²) in [5.74, 6) is 0.914. The number of rotatable bonds is 5. The van der Waals surface area contributed by atoms with E-state index in [-0.39, 0.29) is 36.9 Å². The second-order valence-electron chi connectivity index (χ2n) is 6.50. The average molecular weight is 322 g/mol. The highest BCUT2D eigenvalue weighted by atomic mass is 19.1. The summed E-state index contributed by atoms with van der Waals surface area (Å²) in [6.45, 7) is 0.368. The van der Waals surface area contributed by atoms with Crippen LogP contribution in [0.3, 0.4) is 0 Å². The van der Waals surface area contributed by atoms with Gasteiger partial charge in [-0.3, -0.25) is 0 Å². The minimum absolute atomic E-state index is 0.0475. The summed E-state index contributed by atoms with van der Waals surface area (Å²) in [5.41, 5.74) is 0.671. The van der Waals surface area contributed by atoms with E-state index in [2.05, 4.69) is 10.6 Å². The van der Waals surface area contributed by atoms with Crippen molar-refractivity contribution in [3.63, 3.8) is 0 Å². The summed E-state index contributed by atoms with van der Waals surface area (Å²) < 4.78 is 18.5. The molecule has 3 rings (SSSR count). The van der Waals surface area contributed by atoms with Gasteiger partial charge < -0.3 is 20.5 Å². The van der Waals surface area contributed by atoms with E-state index < -0.39 is 5.82 Å². The molecule has 2 aliphatic carbocycles. The molecule has 2 fully saturated rings. The Morgan fingerprint density at radius 3 is 2.87 bits per heavy atom. The van der Waals surface area contributed by atoms with Crippen LogP contribution in [0.15, 0.2) is 18.2 Å². The van der Waals surface area contributed by atoms with Gasteiger partial charge >= 0.3 is 6.03 Å². The number of aliphatic hydroxyl groups is 1. The van der Waals surface area contributed by atoms with Crippen LogP contribution in [0.1, 0.15) is 24.8 Å². The molecular formula is C17H23FN2O3. The zero-order chi connectivity index (χ0) is 16.4. The first-order chi connectivity index (χ1) is 11.1. The van der Waals surface area contributed by atoms with Crippen LogP contribution < -0.4 is 15.4 Å². The van der Waals surface area contributed by atoms with Crippen molar-refractivity contribution in [1.29, 1.82) is 0 Å². The fourth-order valence-electron chi connectivity index (χ4n) is 4.10. The van der Waals surface area contributed by atoms with Crippen LogP contribution >= 0.6 is 0 Å². The van der Waals surface area contributed by atoms with Crippen molar-refractivity contribution >= 4 is 6.03 Å². The fourth-order valence-corrected chi connectivity index (χ4v) is 4.10. The molecule has 0 heterocycles. The van der Waals surface area contributed by atoms with E-state index in [1.807, 2.05) is 0 Å². The highest BCUT2D eigenvalue weighted by Crippen LogP contribution is 2.48. The first-order valence-electron chi connectivity index (χ1n) is 8.10. The molecule has 0 aromatic heterocycles. The first-order valence-corrected chi connectivity index (χ1v) is 8.10. The molecule has 6 heteroatoms. The van der Waals surface area contributed by atoms with Crippen molar-refractivity contribution in [2.75, 3.05) is 13.7 Å². The number of benzene rings is 1. The van der Waals surface area contributed by atoms with Crippen molar-refractivity contribution in [3.8, 4) is 5.75 Å². The number of carbonyl (C=O) groups excluding carboxylic acids is 1. The zero-order valence-corrected chi connectivity index (χ0v) is 13.2. The Morgan fingerprint density at radius 1 is 1.39 bits per heavy atom. The topological polar surface area (TPSA) is 70.6 Å². The lowest BCUT2D eigenvalue weighted by Crippen LogP contribution is -2.48. The number of methoxy groups -OCH3 is 1. The molecule has 2 bridgehead atoms. The van der Waals surface area contributed by atoms with E-state index >= 15 is 0 Å². The molecule has 4 unspecified atom stereocenters. The lowest BCUT2D eigenvalue weighted by Gasteiger charge is -2.30. The Balaban J connectivity index is 1.53. The molecule has 1 aromatic carbocycles. The predicted octanol–water partition coefficient (Wildman–Crippen LogP) is 2.04. The highest BCUT2D eigenvalue weighted by molar-refractivity contribution is 5.74. The summed E-state index contributed by atoms with van der Waals surface area (Å²) in [6.07, 6.45) is 3.37. The number of aliphatic hydroxyl groups excluding tert-OH is 1. The Hall–Kier alpha value is -1.82. The molecular weight excluding hydrogens is 299 g/mol. The SMILES string of the molecule is COc1ccc(CNC(=O)NC2C3CCC(C3)C2CO)cc1F. The van der Waals surface area contributed by atoms with Gasteiger partial charge in [0.15, 0.2) is 11.6 Å². The molecule has 2 amide bonds. The Kier molecular flexibility index (Phi) is 4.71. The maximum absolute atomic E-state index is 13.6. The van der Waals surface area contributed by atoms with Gasteiger partial charge in [-0.05, 0) is 48.8 Å². The number of hydrogen-bond donors (Lipinski definition) is 3. The second kappa shape index (κ2) is 6.74. The second-order valence-corrected chi connectivity index (χ2v) is 6.50. The van der Waals surface area contributed by atoms with Crippen LogP contribution in [0, 0.1) is 23.6 Å². The summed E-state index contributed by atoms with van der Waals surface area (Å²) in [6, 6.07) is 4.40. The summed E-state index contributed by atoms with van der Waals surface area (Å²) in [7, 11) is 1.41. The van der Waals surface area contributed by atoms with Gasteiger partial charge in [-0.1, -0.05) is 6.07 Å². The van der Waals surface area contributed by atoms with E-state index in [0.717, 1.165) is 19.3 Å². The number of amides is 2. The minimum atomic E-state index is -0.444. The first kappa shape index (κ1) is 16.1. The number of halogens is 1. The zero-order valence-electron chi connectivity index (χ0n) is 13.2. The molecule has 4 atom stereocenters. The molecule has 2 aliphatic rings. The minimum Gasteiger partial charge on any atom is -0.494 e. The fraction of sp³-hybridized carbons (Fsp3) is 0.588. The van der Waals surface area contributed by atoms with Gasteiger partial charge in [0.1, 0.15) is 0 Å². The van der Waals surface area contributed by atoms with Crippen LogP contribution in [-0.2, 0) is 6.54 Å². The van der Waals surface area contributed by atoms with Crippen LogP contribution in [0.5, 0.6) is 5.75 Å². The van der Waals surface area contributed by atoms with Crippen LogP contribution in [0.25, 0.3) is 0 Å². The van der Waals surface area contributed by atoms with Gasteiger partial charge in [0.25, 0.3) is 0 Å². The molecule has 0 aliphatic heterocycles. The standard InChI is InChI=1S/C17H23FN2O3/c1-23-15-5-2-10(6-14(15)18)8-19-17(22)20-16-12-4-3-11(7-12)13(16)9-21/h2,5-6,11-13,16,21H,3-4,7-9H2,1H3,(H2,19,20,22). The van der Waals surface area contributed by atoms with Gasteiger partial charge in [-0.2, -0.15) is 0 Å². The smallest absolute Gasteiger partial charge is 0.315 e. The molecule has 1 aromatic rings. The van der Waals surface area contributed by atoms with Crippen molar-refractivity contribution < 1.29 is 19.0 Å². The van der Waals surface area contributed by atoms with Gasteiger partial charge in [-0.15, -0.1) is 0 Å². The van der Waals surface area contributed by atoms with Crippen LogP contribution in [0.4, 0.5) is 9.18 Å². The summed E-state index contributed by atoms with van der Waals surface area (Å²) in [5, 5.41) is 15.3. The maximum Gasteiger partial charge on any atom is 0.315 e. The van der Waals surface area contributed by atoms with E-state index in [9.17, 15) is 14.3 Å². The molecule has 3 N–H and O–H groups in total. The number of ether oxygens (including phenoxy) is 1. The highest BCUT2D eigenvalue weighted by Gasteiger charge is 2.47. The number of fused-ring (bicyclic) bond motifs is 2. The average Bonchev–Trinajstić information content (AvgIpc) is 3.14. The van der Waals surface area contributed by atoms with Gasteiger partial charge in [0.2, 0.25) is 0 Å². The molecule has 2 saturated carbocycles. The Morgan fingerprint density at radius 2 is 2.17 bits per heavy atom. The lowest BCUT2D eigenvalue weighted by molar-refractivity contribution is 0.144. The van der Waals surface area contributed by atoms with E-state index in [4.69, 9.17) is 4.74 Å². The third-order valence-electron chi connectivity index (χ3n) is 5.27. The van der Waals surface area contributed by atoms with E-state index in [1.54, 1.807) is 12.1 Å². The third-order valence-corrected chi connectivity index (χ3v) is 5.27. The molecule has 0 saturated heterocycles. The molecule has 23 heavy (non-hydrogen) atoms. The number of hydrogen-bond acceptors (Lipinski definition) is 3. The monoisotopic (exact) mass is 322 g/mol. The van der Waals surface area contributed by atoms with Crippen molar-refractivity contribution in [1.82, 2.24) is 10.6 Å². The summed E-state index contributed by atoms with van der Waals surface area (Å²) >= 11 is 0. The number of carbonyl (C=O) groups is 1. The predicted molar refractivity (Wildman–Crippen MR) is 83.5 cm³/mol. The lowest BCUT2D eigenvalue weighted by atomic mass is 9.85. The van der Waals surface area contributed by atoms with Crippen molar-refractivity contribution in [3.05, 3.63) is 29.6 Å².